The zero-order valence-corrected chi connectivity index (χ0v) is 17.9. The van der Waals surface area contributed by atoms with Crippen molar-refractivity contribution < 1.29 is 13.2 Å². The standard InChI is InChI=1S/C16H27N3O3S.HI/c1-5-17-16(18-11-6-12-23(4,20)21)19(2)13-14-7-9-15(22-3)10-8-14;/h7-10H,5-6,11-13H2,1-4H3,(H,17,18);1H. The van der Waals surface area contributed by atoms with Gasteiger partial charge in [-0.15, -0.1) is 24.0 Å². The lowest BCUT2D eigenvalue weighted by molar-refractivity contribution is 0.414. The summed E-state index contributed by atoms with van der Waals surface area (Å²) in [6.07, 6.45) is 1.78. The second kappa shape index (κ2) is 11.5. The first kappa shape index (κ1) is 23.0. The van der Waals surface area contributed by atoms with Gasteiger partial charge in [0.2, 0.25) is 0 Å². The van der Waals surface area contributed by atoms with Gasteiger partial charge in [-0.1, -0.05) is 12.1 Å². The topological polar surface area (TPSA) is 71.0 Å². The van der Waals surface area contributed by atoms with Gasteiger partial charge in [-0.25, -0.2) is 8.42 Å². The van der Waals surface area contributed by atoms with Gasteiger partial charge in [0.25, 0.3) is 0 Å². The predicted octanol–water partition coefficient (Wildman–Crippen LogP) is 2.15. The SMILES string of the molecule is CCNC(=NCCCS(C)(=O)=O)N(C)Cc1ccc(OC)cc1.I. The number of nitrogens with zero attached hydrogens (tertiary/aromatic N) is 2. The lowest BCUT2D eigenvalue weighted by Crippen LogP contribution is -2.38. The average molecular weight is 469 g/mol. The number of aliphatic imine (C=N–C) groups is 1. The van der Waals surface area contributed by atoms with Crippen molar-refractivity contribution in [3.05, 3.63) is 29.8 Å². The van der Waals surface area contributed by atoms with Crippen LogP contribution in [0.4, 0.5) is 0 Å². The Kier molecular flexibility index (Phi) is 11.0. The molecule has 0 unspecified atom stereocenters. The molecule has 1 aromatic rings. The largest absolute Gasteiger partial charge is 0.497 e. The molecule has 0 fully saturated rings. The molecule has 0 atom stereocenters. The number of methoxy groups -OCH3 is 1. The monoisotopic (exact) mass is 469 g/mol. The Labute approximate surface area is 162 Å². The lowest BCUT2D eigenvalue weighted by Gasteiger charge is -2.22. The third kappa shape index (κ3) is 9.31. The van der Waals surface area contributed by atoms with Crippen LogP contribution in [0.1, 0.15) is 18.9 Å². The van der Waals surface area contributed by atoms with E-state index in [1.54, 1.807) is 7.11 Å². The first-order valence-corrected chi connectivity index (χ1v) is 9.72. The van der Waals surface area contributed by atoms with Crippen LogP contribution >= 0.6 is 24.0 Å². The molecule has 138 valence electrons. The molecular formula is C16H28IN3O3S. The van der Waals surface area contributed by atoms with Gasteiger partial charge in [-0.3, -0.25) is 4.99 Å². The number of hydrogen-bond acceptors (Lipinski definition) is 4. The van der Waals surface area contributed by atoms with Gasteiger partial charge in [0, 0.05) is 32.9 Å². The van der Waals surface area contributed by atoms with Crippen LogP contribution in [-0.2, 0) is 16.4 Å². The zero-order valence-electron chi connectivity index (χ0n) is 14.8. The number of benzene rings is 1. The van der Waals surface area contributed by atoms with Crippen LogP contribution in [0, 0.1) is 0 Å². The summed E-state index contributed by atoms with van der Waals surface area (Å²) in [4.78, 5) is 6.51. The van der Waals surface area contributed by atoms with Crippen LogP contribution in [0.15, 0.2) is 29.3 Å². The number of guanidine groups is 1. The Balaban J connectivity index is 0.00000529. The van der Waals surface area contributed by atoms with Crippen LogP contribution in [0.25, 0.3) is 0 Å². The van der Waals surface area contributed by atoms with E-state index in [0.29, 0.717) is 19.5 Å². The summed E-state index contributed by atoms with van der Waals surface area (Å²) < 4.78 is 27.4. The summed E-state index contributed by atoms with van der Waals surface area (Å²) in [7, 11) is 0.682. The van der Waals surface area contributed by atoms with Crippen molar-refractivity contribution in [2.75, 3.05) is 39.3 Å². The quantitative estimate of drug-likeness (QED) is 0.274. The number of sulfone groups is 1. The van der Waals surface area contributed by atoms with E-state index < -0.39 is 9.84 Å². The zero-order chi connectivity index (χ0) is 17.3. The lowest BCUT2D eigenvalue weighted by atomic mass is 10.2. The van der Waals surface area contributed by atoms with Crippen LogP contribution in [0.2, 0.25) is 0 Å². The first-order chi connectivity index (χ1) is 10.9. The fourth-order valence-corrected chi connectivity index (χ4v) is 2.71. The maximum Gasteiger partial charge on any atom is 0.193 e. The highest BCUT2D eigenvalue weighted by molar-refractivity contribution is 14.0. The summed E-state index contributed by atoms with van der Waals surface area (Å²) in [6, 6.07) is 7.89. The van der Waals surface area contributed by atoms with Gasteiger partial charge in [0.1, 0.15) is 15.6 Å². The Hall–Kier alpha value is -1.03. The van der Waals surface area contributed by atoms with Crippen LogP contribution in [0.5, 0.6) is 5.75 Å². The Bertz CT molecular complexity index is 603. The molecule has 0 aliphatic heterocycles. The fraction of sp³-hybridized carbons (Fsp3) is 0.562. The molecule has 6 nitrogen and oxygen atoms in total. The molecule has 24 heavy (non-hydrogen) atoms. The van der Waals surface area contributed by atoms with Gasteiger partial charge >= 0.3 is 0 Å². The van der Waals surface area contributed by atoms with Gasteiger partial charge in [-0.05, 0) is 31.0 Å². The molecule has 1 aromatic carbocycles. The molecule has 0 saturated heterocycles. The molecule has 0 aromatic heterocycles. The van der Waals surface area contributed by atoms with E-state index in [1.165, 1.54) is 6.26 Å². The molecule has 0 heterocycles. The number of rotatable bonds is 8. The maximum atomic E-state index is 11.1. The van der Waals surface area contributed by atoms with E-state index in [1.807, 2.05) is 43.1 Å². The van der Waals surface area contributed by atoms with Crippen LogP contribution in [0.3, 0.4) is 0 Å². The summed E-state index contributed by atoms with van der Waals surface area (Å²) >= 11 is 0. The highest BCUT2D eigenvalue weighted by Crippen LogP contribution is 2.12. The second-order valence-electron chi connectivity index (χ2n) is 5.42. The highest BCUT2D eigenvalue weighted by Gasteiger charge is 2.07. The number of halogens is 1. The number of ether oxygens (including phenoxy) is 1. The minimum absolute atomic E-state index is 0. The van der Waals surface area contributed by atoms with Crippen molar-refractivity contribution in [1.29, 1.82) is 0 Å². The maximum absolute atomic E-state index is 11.1. The summed E-state index contributed by atoms with van der Waals surface area (Å²) in [5, 5.41) is 3.22. The molecule has 8 heteroatoms. The third-order valence-electron chi connectivity index (χ3n) is 3.21. The van der Waals surface area contributed by atoms with Crippen molar-refractivity contribution in [2.24, 2.45) is 4.99 Å². The Morgan fingerprint density at radius 2 is 1.92 bits per heavy atom. The van der Waals surface area contributed by atoms with E-state index >= 15 is 0 Å². The first-order valence-electron chi connectivity index (χ1n) is 7.66. The van der Waals surface area contributed by atoms with Crippen molar-refractivity contribution in [2.45, 2.75) is 19.9 Å². The Morgan fingerprint density at radius 1 is 1.29 bits per heavy atom. The summed E-state index contributed by atoms with van der Waals surface area (Å²) in [6.45, 7) is 3.97. The molecule has 0 radical (unpaired) electrons. The summed E-state index contributed by atoms with van der Waals surface area (Å²) in [5.74, 6) is 1.77. The van der Waals surface area contributed by atoms with Gasteiger partial charge in [0.05, 0.1) is 12.9 Å². The van der Waals surface area contributed by atoms with E-state index in [-0.39, 0.29) is 29.7 Å². The summed E-state index contributed by atoms with van der Waals surface area (Å²) in [5.41, 5.74) is 1.15. The van der Waals surface area contributed by atoms with E-state index in [0.717, 1.165) is 23.8 Å². The number of hydrogen-bond donors (Lipinski definition) is 1. The van der Waals surface area contributed by atoms with Crippen molar-refractivity contribution >= 4 is 39.8 Å². The fourth-order valence-electron chi connectivity index (χ4n) is 2.06. The molecule has 1 N–H and O–H groups in total. The van der Waals surface area contributed by atoms with E-state index in [9.17, 15) is 8.42 Å². The van der Waals surface area contributed by atoms with Crippen LogP contribution in [-0.4, -0.2) is 58.5 Å². The molecule has 0 aliphatic carbocycles. The minimum atomic E-state index is -2.92. The molecule has 0 bridgehead atoms. The van der Waals surface area contributed by atoms with Crippen molar-refractivity contribution in [1.82, 2.24) is 10.2 Å². The molecule has 1 rings (SSSR count). The van der Waals surface area contributed by atoms with Gasteiger partial charge in [0.15, 0.2) is 5.96 Å². The molecule has 0 saturated carbocycles. The smallest absolute Gasteiger partial charge is 0.193 e. The van der Waals surface area contributed by atoms with Gasteiger partial charge < -0.3 is 15.0 Å². The third-order valence-corrected chi connectivity index (χ3v) is 4.24. The predicted molar refractivity (Wildman–Crippen MR) is 110 cm³/mol. The average Bonchev–Trinajstić information content (AvgIpc) is 2.50. The van der Waals surface area contributed by atoms with Crippen molar-refractivity contribution in [3.8, 4) is 5.75 Å². The minimum Gasteiger partial charge on any atom is -0.497 e. The second-order valence-corrected chi connectivity index (χ2v) is 7.68. The molecular weight excluding hydrogens is 441 g/mol. The molecule has 0 spiro atoms. The van der Waals surface area contributed by atoms with Crippen LogP contribution < -0.4 is 10.1 Å². The normalized spacial score (nSPS) is 11.6. The van der Waals surface area contributed by atoms with E-state index in [2.05, 4.69) is 10.3 Å². The highest BCUT2D eigenvalue weighted by atomic mass is 127. The molecule has 0 amide bonds. The Morgan fingerprint density at radius 3 is 2.42 bits per heavy atom. The van der Waals surface area contributed by atoms with Crippen molar-refractivity contribution in [3.63, 3.8) is 0 Å². The molecule has 0 aliphatic rings. The van der Waals surface area contributed by atoms with Gasteiger partial charge in [-0.2, -0.15) is 0 Å². The van der Waals surface area contributed by atoms with E-state index in [4.69, 9.17) is 4.74 Å². The number of nitrogens with one attached hydrogen (secondary N) is 1.